The van der Waals surface area contributed by atoms with Gasteiger partial charge >= 0.3 is 7.52 Å². The Labute approximate surface area is 125 Å². The molecule has 0 heterocycles. The molecule has 2 rings (SSSR count). The average molecular weight is 305 g/mol. The number of methoxy groups -OCH3 is 1. The predicted molar refractivity (Wildman–Crippen MR) is 86.7 cm³/mol. The second-order valence-electron chi connectivity index (χ2n) is 5.00. The minimum Gasteiger partial charge on any atom is -0.493 e. The van der Waals surface area contributed by atoms with E-state index in [1.807, 2.05) is 44.2 Å². The van der Waals surface area contributed by atoms with Crippen molar-refractivity contribution in [2.24, 2.45) is 0 Å². The molecular weight excluding hydrogens is 285 g/mol. The number of para-hydroxylation sites is 2. The third kappa shape index (κ3) is 4.02. The number of ether oxygens (including phenoxy) is 1. The third-order valence-electron chi connectivity index (χ3n) is 3.18. The van der Waals surface area contributed by atoms with E-state index in [0.717, 1.165) is 11.3 Å². The zero-order chi connectivity index (χ0) is 15.5. The first-order valence-corrected chi connectivity index (χ1v) is 8.74. The summed E-state index contributed by atoms with van der Waals surface area (Å²) in [5.41, 5.74) is 3.10. The Bertz CT molecular complexity index is 685. The van der Waals surface area contributed by atoms with Gasteiger partial charge in [0, 0.05) is 12.4 Å². The summed E-state index contributed by atoms with van der Waals surface area (Å²) in [4.78, 5) is 0. The molecule has 0 fully saturated rings. The van der Waals surface area contributed by atoms with Crippen LogP contribution in [-0.4, -0.2) is 13.8 Å². The van der Waals surface area contributed by atoms with Crippen LogP contribution >= 0.6 is 7.52 Å². The van der Waals surface area contributed by atoms with Crippen molar-refractivity contribution in [3.05, 3.63) is 53.6 Å². The van der Waals surface area contributed by atoms with Gasteiger partial charge in [0.2, 0.25) is 0 Å². The SMILES string of the molecule is COc1ccccc1O[P@@](C)(=O)Nc1ccc(C)c(C)c1. The molecular formula is C16H20NO3P. The van der Waals surface area contributed by atoms with Crippen LogP contribution < -0.4 is 14.3 Å². The smallest absolute Gasteiger partial charge is 0.338 e. The second-order valence-corrected chi connectivity index (χ2v) is 7.10. The summed E-state index contributed by atoms with van der Waals surface area (Å²) in [6, 6.07) is 13.0. The topological polar surface area (TPSA) is 47.6 Å². The minimum absolute atomic E-state index is 0.460. The van der Waals surface area contributed by atoms with Gasteiger partial charge in [-0.05, 0) is 49.2 Å². The van der Waals surface area contributed by atoms with E-state index in [9.17, 15) is 4.57 Å². The maximum Gasteiger partial charge on any atom is 0.338 e. The van der Waals surface area contributed by atoms with Crippen molar-refractivity contribution in [3.8, 4) is 11.5 Å². The number of benzene rings is 2. The number of rotatable bonds is 5. The quantitative estimate of drug-likeness (QED) is 0.818. The molecule has 0 aliphatic heterocycles. The summed E-state index contributed by atoms with van der Waals surface area (Å²) < 4.78 is 23.4. The first-order chi connectivity index (χ1) is 9.91. The number of aryl methyl sites for hydroxylation is 2. The van der Waals surface area contributed by atoms with Gasteiger partial charge in [-0.1, -0.05) is 18.2 Å². The van der Waals surface area contributed by atoms with Crippen LogP contribution in [0.3, 0.4) is 0 Å². The summed E-state index contributed by atoms with van der Waals surface area (Å²) >= 11 is 0. The van der Waals surface area contributed by atoms with Crippen LogP contribution in [0.15, 0.2) is 42.5 Å². The van der Waals surface area contributed by atoms with Gasteiger partial charge in [0.05, 0.1) is 7.11 Å². The highest BCUT2D eigenvalue weighted by atomic mass is 31.2. The third-order valence-corrected chi connectivity index (χ3v) is 4.39. The zero-order valence-corrected chi connectivity index (χ0v) is 13.6. The fraction of sp³-hybridized carbons (Fsp3) is 0.250. The van der Waals surface area contributed by atoms with Crippen LogP contribution in [0.5, 0.6) is 11.5 Å². The van der Waals surface area contributed by atoms with E-state index in [0.29, 0.717) is 11.5 Å². The predicted octanol–water partition coefficient (Wildman–Crippen LogP) is 4.63. The molecule has 112 valence electrons. The van der Waals surface area contributed by atoms with Crippen LogP contribution in [0.1, 0.15) is 11.1 Å². The molecule has 0 saturated carbocycles. The van der Waals surface area contributed by atoms with Crippen LogP contribution in [0.2, 0.25) is 0 Å². The molecule has 2 aromatic rings. The van der Waals surface area contributed by atoms with E-state index in [2.05, 4.69) is 5.09 Å². The Morgan fingerprint density at radius 3 is 2.29 bits per heavy atom. The molecule has 2 aromatic carbocycles. The second kappa shape index (κ2) is 6.23. The summed E-state index contributed by atoms with van der Waals surface area (Å²) in [7, 11) is -1.49. The maximum atomic E-state index is 12.6. The van der Waals surface area contributed by atoms with Gasteiger partial charge in [-0.3, -0.25) is 4.57 Å². The maximum absolute atomic E-state index is 12.6. The van der Waals surface area contributed by atoms with Gasteiger partial charge in [-0.15, -0.1) is 0 Å². The molecule has 1 N–H and O–H groups in total. The summed E-state index contributed by atoms with van der Waals surface area (Å²) in [5, 5.41) is 2.96. The molecule has 0 aliphatic rings. The van der Waals surface area contributed by atoms with Gasteiger partial charge < -0.3 is 14.3 Å². The lowest BCUT2D eigenvalue weighted by Gasteiger charge is -2.19. The molecule has 0 unspecified atom stereocenters. The molecule has 0 aliphatic carbocycles. The Morgan fingerprint density at radius 1 is 1.00 bits per heavy atom. The van der Waals surface area contributed by atoms with E-state index in [1.54, 1.807) is 25.9 Å². The highest BCUT2D eigenvalue weighted by Crippen LogP contribution is 2.46. The molecule has 0 bridgehead atoms. The zero-order valence-electron chi connectivity index (χ0n) is 12.7. The van der Waals surface area contributed by atoms with Crippen LogP contribution in [0, 0.1) is 13.8 Å². The van der Waals surface area contributed by atoms with Gasteiger partial charge in [-0.2, -0.15) is 0 Å². The van der Waals surface area contributed by atoms with Gasteiger partial charge in [0.1, 0.15) is 0 Å². The van der Waals surface area contributed by atoms with Crippen molar-refractivity contribution < 1.29 is 13.8 Å². The van der Waals surface area contributed by atoms with Crippen molar-refractivity contribution in [2.45, 2.75) is 13.8 Å². The van der Waals surface area contributed by atoms with Crippen molar-refractivity contribution in [1.82, 2.24) is 0 Å². The van der Waals surface area contributed by atoms with Crippen molar-refractivity contribution in [3.63, 3.8) is 0 Å². The average Bonchev–Trinajstić information content (AvgIpc) is 2.43. The van der Waals surface area contributed by atoms with Gasteiger partial charge in [-0.25, -0.2) is 0 Å². The van der Waals surface area contributed by atoms with E-state index >= 15 is 0 Å². The van der Waals surface area contributed by atoms with Crippen molar-refractivity contribution in [1.29, 1.82) is 0 Å². The monoisotopic (exact) mass is 305 g/mol. The summed E-state index contributed by atoms with van der Waals surface area (Å²) in [5.74, 6) is 1.02. The molecule has 4 nitrogen and oxygen atoms in total. The molecule has 0 amide bonds. The van der Waals surface area contributed by atoms with Gasteiger partial charge in [0.25, 0.3) is 0 Å². The highest BCUT2D eigenvalue weighted by Gasteiger charge is 2.19. The largest absolute Gasteiger partial charge is 0.493 e. The normalized spacial score (nSPS) is 13.3. The van der Waals surface area contributed by atoms with Crippen molar-refractivity contribution in [2.75, 3.05) is 18.9 Å². The van der Waals surface area contributed by atoms with Crippen molar-refractivity contribution >= 4 is 13.2 Å². The lowest BCUT2D eigenvalue weighted by Crippen LogP contribution is -2.03. The Morgan fingerprint density at radius 2 is 1.67 bits per heavy atom. The van der Waals surface area contributed by atoms with Crippen LogP contribution in [0.4, 0.5) is 5.69 Å². The Balaban J connectivity index is 2.18. The first kappa shape index (κ1) is 15.5. The molecule has 0 radical (unpaired) electrons. The van der Waals surface area contributed by atoms with E-state index in [1.165, 1.54) is 5.56 Å². The standard InChI is InChI=1S/C16H20NO3P/c1-12-9-10-14(11-13(12)2)17-21(4,18)20-16-8-6-5-7-15(16)19-3/h5-11H,1-4H3,(H,17,18)/t21-/m1/s1. The van der Waals surface area contributed by atoms with E-state index < -0.39 is 7.52 Å². The highest BCUT2D eigenvalue weighted by molar-refractivity contribution is 7.60. The minimum atomic E-state index is -3.04. The molecule has 0 saturated heterocycles. The Hall–Kier alpha value is -1.93. The Kier molecular flexibility index (Phi) is 4.59. The lowest BCUT2D eigenvalue weighted by atomic mass is 10.1. The summed E-state index contributed by atoms with van der Waals surface area (Å²) in [6.07, 6.45) is 0. The molecule has 0 spiro atoms. The molecule has 5 heteroatoms. The van der Waals surface area contributed by atoms with Gasteiger partial charge in [0.15, 0.2) is 11.5 Å². The van der Waals surface area contributed by atoms with E-state index in [4.69, 9.17) is 9.26 Å². The number of hydrogen-bond donors (Lipinski definition) is 1. The number of hydrogen-bond acceptors (Lipinski definition) is 3. The van der Waals surface area contributed by atoms with Crippen LogP contribution in [-0.2, 0) is 4.57 Å². The van der Waals surface area contributed by atoms with Crippen LogP contribution in [0.25, 0.3) is 0 Å². The summed E-state index contributed by atoms with van der Waals surface area (Å²) in [6.45, 7) is 5.60. The fourth-order valence-corrected chi connectivity index (χ4v) is 3.13. The fourth-order valence-electron chi connectivity index (χ4n) is 1.95. The number of anilines is 1. The first-order valence-electron chi connectivity index (χ1n) is 6.67. The van der Waals surface area contributed by atoms with E-state index in [-0.39, 0.29) is 0 Å². The lowest BCUT2D eigenvalue weighted by molar-refractivity contribution is 0.391. The molecule has 21 heavy (non-hydrogen) atoms. The molecule has 1 atom stereocenters. The molecule has 0 aromatic heterocycles. The number of nitrogens with one attached hydrogen (secondary N) is 1.